The highest BCUT2D eigenvalue weighted by Crippen LogP contribution is 2.60. The van der Waals surface area contributed by atoms with Gasteiger partial charge in [0.2, 0.25) is 0 Å². The van der Waals surface area contributed by atoms with Crippen LogP contribution in [0.3, 0.4) is 0 Å². The Bertz CT molecular complexity index is 975. The highest BCUT2D eigenvalue weighted by atomic mass is 19.4. The number of carbonyl (C=O) groups excluding carboxylic acids is 1. The van der Waals surface area contributed by atoms with Crippen LogP contribution in [0.15, 0.2) is 0 Å². The highest BCUT2D eigenvalue weighted by molar-refractivity contribution is 5.77. The molecule has 3 unspecified atom stereocenters. The largest absolute Gasteiger partial charge is 0.438 e. The summed E-state index contributed by atoms with van der Waals surface area (Å²) < 4.78 is 242. The van der Waals surface area contributed by atoms with Crippen molar-refractivity contribution in [1.82, 2.24) is 0 Å². The first-order valence-electron chi connectivity index (χ1n) is 14.9. The van der Waals surface area contributed by atoms with Gasteiger partial charge in [-0.15, -0.1) is 0 Å². The Hall–Kier alpha value is -1.86. The maximum Gasteiger partial charge on any atom is 0.426 e. The summed E-state index contributed by atoms with van der Waals surface area (Å²) in [5, 5.41) is 17.4. The fourth-order valence-corrected chi connectivity index (χ4v) is 5.54. The zero-order valence-corrected chi connectivity index (χ0v) is 26.8. The van der Waals surface area contributed by atoms with Crippen LogP contribution < -0.4 is 0 Å². The number of ether oxygens (including phenoxy) is 6. The van der Waals surface area contributed by atoms with Gasteiger partial charge < -0.3 is 38.6 Å². The molecule has 0 saturated heterocycles. The Morgan fingerprint density at radius 1 is 0.588 bits per heavy atom. The van der Waals surface area contributed by atoms with Crippen molar-refractivity contribution in [3.63, 3.8) is 0 Å². The standard InChI is InChI=1S/C27H37F15O9/c1-3-20(2,23(28,29)30)19(45)49-15-48-18-13-16(21(24(31,32)33,25(34,35)36)50-10-8-46-6-4-43)12-17(14-18)22(26(37,38)39,27(40,41)42)51-11-9-47-7-5-44/h16-18,43-44H,3-15H2,1-2H3. The van der Waals surface area contributed by atoms with Crippen molar-refractivity contribution in [2.24, 2.45) is 17.3 Å². The fourth-order valence-electron chi connectivity index (χ4n) is 5.54. The van der Waals surface area contributed by atoms with Crippen molar-refractivity contribution in [2.45, 2.75) is 87.7 Å². The molecule has 24 heteroatoms. The average Bonchev–Trinajstić information content (AvgIpc) is 2.96. The van der Waals surface area contributed by atoms with Gasteiger partial charge in [-0.3, -0.25) is 4.79 Å². The van der Waals surface area contributed by atoms with Gasteiger partial charge in [0, 0.05) is 11.8 Å². The zero-order chi connectivity index (χ0) is 39.7. The number of aliphatic hydroxyl groups is 2. The van der Waals surface area contributed by atoms with Crippen LogP contribution in [0.25, 0.3) is 0 Å². The molecule has 1 aliphatic rings. The zero-order valence-electron chi connectivity index (χ0n) is 26.8. The summed E-state index contributed by atoms with van der Waals surface area (Å²) in [4.78, 5) is 12.2. The van der Waals surface area contributed by atoms with E-state index in [1.54, 1.807) is 0 Å². The van der Waals surface area contributed by atoms with Gasteiger partial charge in [0.05, 0.1) is 59.0 Å². The molecule has 1 saturated carbocycles. The van der Waals surface area contributed by atoms with E-state index in [4.69, 9.17) is 14.9 Å². The predicted molar refractivity (Wildman–Crippen MR) is 139 cm³/mol. The van der Waals surface area contributed by atoms with Crippen molar-refractivity contribution in [1.29, 1.82) is 0 Å². The normalized spacial score (nSPS) is 21.4. The van der Waals surface area contributed by atoms with Gasteiger partial charge in [-0.25, -0.2) is 0 Å². The lowest BCUT2D eigenvalue weighted by atomic mass is 9.65. The molecule has 1 aliphatic carbocycles. The van der Waals surface area contributed by atoms with Crippen LogP contribution in [-0.2, 0) is 33.2 Å². The van der Waals surface area contributed by atoms with Crippen molar-refractivity contribution < 1.29 is 109 Å². The Morgan fingerprint density at radius 2 is 0.961 bits per heavy atom. The van der Waals surface area contributed by atoms with E-state index in [1.807, 2.05) is 0 Å². The molecule has 304 valence electrons. The lowest BCUT2D eigenvalue weighted by Gasteiger charge is -2.51. The van der Waals surface area contributed by atoms with Crippen molar-refractivity contribution in [2.75, 3.05) is 59.6 Å². The first kappa shape index (κ1) is 47.2. The second-order valence-electron chi connectivity index (χ2n) is 11.5. The van der Waals surface area contributed by atoms with Crippen LogP contribution >= 0.6 is 0 Å². The average molecular weight is 791 g/mol. The van der Waals surface area contributed by atoms with Gasteiger partial charge in [0.1, 0.15) is 0 Å². The molecule has 1 fully saturated rings. The quantitative estimate of drug-likeness (QED) is 0.0700. The van der Waals surface area contributed by atoms with E-state index in [9.17, 15) is 70.7 Å². The van der Waals surface area contributed by atoms with Crippen molar-refractivity contribution >= 4 is 5.97 Å². The maximum atomic E-state index is 14.6. The molecule has 0 amide bonds. The van der Waals surface area contributed by atoms with Crippen molar-refractivity contribution in [3.8, 4) is 0 Å². The number of hydrogen-bond acceptors (Lipinski definition) is 9. The molecule has 9 nitrogen and oxygen atoms in total. The molecule has 0 aromatic rings. The van der Waals surface area contributed by atoms with E-state index >= 15 is 0 Å². The van der Waals surface area contributed by atoms with Crippen LogP contribution in [0.4, 0.5) is 65.9 Å². The molecule has 0 heterocycles. The minimum absolute atomic E-state index is 0.354. The van der Waals surface area contributed by atoms with Gasteiger partial charge in [0.15, 0.2) is 12.2 Å². The number of esters is 1. The Labute approximate surface area is 280 Å². The molecule has 0 bridgehead atoms. The minimum atomic E-state index is -6.60. The second kappa shape index (κ2) is 18.0. The molecule has 0 spiro atoms. The summed E-state index contributed by atoms with van der Waals surface area (Å²) in [6.45, 7) is -8.56. The molecule has 1 rings (SSSR count). The molecule has 0 aromatic carbocycles. The summed E-state index contributed by atoms with van der Waals surface area (Å²) in [7, 11) is 0. The number of hydrogen-bond donors (Lipinski definition) is 2. The maximum absolute atomic E-state index is 14.6. The van der Waals surface area contributed by atoms with Crippen LogP contribution in [-0.4, -0.2) is 124 Å². The summed E-state index contributed by atoms with van der Waals surface area (Å²) in [5.74, 6) is -8.85. The van der Waals surface area contributed by atoms with Gasteiger partial charge in [-0.2, -0.15) is 65.9 Å². The van der Waals surface area contributed by atoms with Crippen LogP contribution in [0.2, 0.25) is 0 Å². The third kappa shape index (κ3) is 10.6. The van der Waals surface area contributed by atoms with E-state index in [0.717, 1.165) is 6.92 Å². The Balaban J connectivity index is 3.84. The first-order valence-corrected chi connectivity index (χ1v) is 14.9. The molecule has 3 atom stereocenters. The van der Waals surface area contributed by atoms with Crippen molar-refractivity contribution in [3.05, 3.63) is 0 Å². The fraction of sp³-hybridized carbons (Fsp3) is 0.963. The van der Waals surface area contributed by atoms with Crippen LogP contribution in [0, 0.1) is 17.3 Å². The third-order valence-corrected chi connectivity index (χ3v) is 8.36. The minimum Gasteiger partial charge on any atom is -0.438 e. The molecular formula is C27H37F15O9. The summed E-state index contributed by atoms with van der Waals surface area (Å²) in [5.41, 5.74) is -14.2. The topological polar surface area (TPSA) is 113 Å². The Kier molecular flexibility index (Phi) is 16.6. The van der Waals surface area contributed by atoms with Crippen LogP contribution in [0.1, 0.15) is 39.5 Å². The third-order valence-electron chi connectivity index (χ3n) is 8.36. The van der Waals surface area contributed by atoms with Gasteiger partial charge >= 0.3 is 36.9 Å². The number of alkyl halides is 15. The number of halogens is 15. The number of aliphatic hydroxyl groups excluding tert-OH is 2. The molecule has 0 aliphatic heterocycles. The lowest BCUT2D eigenvalue weighted by molar-refractivity contribution is -0.419. The Morgan fingerprint density at radius 3 is 1.25 bits per heavy atom. The molecule has 2 N–H and O–H groups in total. The molecular weight excluding hydrogens is 753 g/mol. The summed E-state index contributed by atoms with van der Waals surface area (Å²) >= 11 is 0. The van der Waals surface area contributed by atoms with E-state index in [1.165, 1.54) is 0 Å². The molecule has 0 radical (unpaired) electrons. The van der Waals surface area contributed by atoms with E-state index in [-0.39, 0.29) is 0 Å². The first-order chi connectivity index (χ1) is 23.1. The number of rotatable bonds is 19. The monoisotopic (exact) mass is 790 g/mol. The predicted octanol–water partition coefficient (Wildman–Crippen LogP) is 6.05. The van der Waals surface area contributed by atoms with E-state index < -0.39 is 157 Å². The second-order valence-corrected chi connectivity index (χ2v) is 11.5. The molecule has 51 heavy (non-hydrogen) atoms. The van der Waals surface area contributed by atoms with E-state index in [0.29, 0.717) is 6.92 Å². The molecule has 0 aromatic heterocycles. The van der Waals surface area contributed by atoms with Gasteiger partial charge in [-0.1, -0.05) is 6.92 Å². The van der Waals surface area contributed by atoms with Crippen LogP contribution in [0.5, 0.6) is 0 Å². The summed E-state index contributed by atoms with van der Waals surface area (Å²) in [6, 6.07) is 0. The smallest absolute Gasteiger partial charge is 0.426 e. The number of carbonyl (C=O) groups is 1. The lowest BCUT2D eigenvalue weighted by Crippen LogP contribution is -2.69. The summed E-state index contributed by atoms with van der Waals surface area (Å²) in [6.07, 6.45) is -40.6. The van der Waals surface area contributed by atoms with Gasteiger partial charge in [0.25, 0.3) is 11.2 Å². The van der Waals surface area contributed by atoms with E-state index in [2.05, 4.69) is 23.7 Å². The SMILES string of the molecule is CCC(C)(C(=O)OCOC1CC(C(OCCOCCO)(C(F)(F)F)C(F)(F)F)CC(C(OCCOCCO)(C(F)(F)F)C(F)(F)F)C1)C(F)(F)F. The highest BCUT2D eigenvalue weighted by Gasteiger charge is 2.80. The van der Waals surface area contributed by atoms with Gasteiger partial charge in [-0.05, 0) is 32.6 Å².